The first-order chi connectivity index (χ1) is 15.5. The number of carbonyl (C=O) groups is 2. The molecule has 1 fully saturated rings. The lowest BCUT2D eigenvalue weighted by molar-refractivity contribution is -0.125. The number of hydrogen-bond donors (Lipinski definition) is 2. The molecule has 1 aliphatic rings. The van der Waals surface area contributed by atoms with E-state index in [1.165, 1.54) is 0 Å². The first-order valence-electron chi connectivity index (χ1n) is 10.7. The number of halogens is 1. The zero-order chi connectivity index (χ0) is 22.5. The third kappa shape index (κ3) is 5.01. The standard InChI is InChI=1S/C26H25ClN2O3/c27-23-12-8-18(9-13-23)16-28-25(31)24-5-2-14-29(24)26(32)22-4-1-3-21(15-22)20-10-6-19(17-30)7-11-20/h1,3-4,6-13,15,24,30H,2,5,14,16-17H2,(H,28,31)/t24-/m0/s1. The summed E-state index contributed by atoms with van der Waals surface area (Å²) in [6, 6.07) is 21.9. The molecule has 6 heteroatoms. The lowest BCUT2D eigenvalue weighted by Gasteiger charge is -2.24. The molecule has 0 saturated carbocycles. The summed E-state index contributed by atoms with van der Waals surface area (Å²) in [4.78, 5) is 27.8. The summed E-state index contributed by atoms with van der Waals surface area (Å²) in [6.45, 7) is 0.955. The van der Waals surface area contributed by atoms with Gasteiger partial charge in [-0.25, -0.2) is 0 Å². The molecule has 2 amide bonds. The highest BCUT2D eigenvalue weighted by Crippen LogP contribution is 2.25. The second kappa shape index (κ2) is 9.98. The Labute approximate surface area is 192 Å². The first kappa shape index (κ1) is 22.1. The fourth-order valence-electron chi connectivity index (χ4n) is 3.99. The van der Waals surface area contributed by atoms with Crippen molar-refractivity contribution >= 4 is 23.4 Å². The molecule has 3 aromatic carbocycles. The van der Waals surface area contributed by atoms with Crippen LogP contribution in [0.5, 0.6) is 0 Å². The topological polar surface area (TPSA) is 69.6 Å². The minimum atomic E-state index is -0.470. The van der Waals surface area contributed by atoms with E-state index < -0.39 is 6.04 Å². The van der Waals surface area contributed by atoms with Crippen LogP contribution in [0.2, 0.25) is 5.02 Å². The quantitative estimate of drug-likeness (QED) is 0.586. The number of aliphatic hydroxyl groups is 1. The molecule has 0 aliphatic carbocycles. The van der Waals surface area contributed by atoms with E-state index in [0.717, 1.165) is 28.7 Å². The average molecular weight is 449 g/mol. The molecule has 0 radical (unpaired) electrons. The number of hydrogen-bond acceptors (Lipinski definition) is 3. The molecule has 3 aromatic rings. The zero-order valence-electron chi connectivity index (χ0n) is 17.6. The maximum Gasteiger partial charge on any atom is 0.254 e. The predicted octanol–water partition coefficient (Wildman–Crippen LogP) is 4.42. The number of aliphatic hydroxyl groups excluding tert-OH is 1. The van der Waals surface area contributed by atoms with Gasteiger partial charge in [0, 0.05) is 23.7 Å². The molecule has 0 bridgehead atoms. The van der Waals surface area contributed by atoms with Crippen molar-refractivity contribution in [2.24, 2.45) is 0 Å². The molecule has 2 N–H and O–H groups in total. The molecule has 1 saturated heterocycles. The predicted molar refractivity (Wildman–Crippen MR) is 125 cm³/mol. The fraction of sp³-hybridized carbons (Fsp3) is 0.231. The zero-order valence-corrected chi connectivity index (χ0v) is 18.4. The number of nitrogens with one attached hydrogen (secondary N) is 1. The van der Waals surface area contributed by atoms with Gasteiger partial charge in [0.05, 0.1) is 6.61 Å². The highest BCUT2D eigenvalue weighted by molar-refractivity contribution is 6.30. The van der Waals surface area contributed by atoms with Crippen molar-refractivity contribution in [2.75, 3.05) is 6.54 Å². The maximum absolute atomic E-state index is 13.3. The summed E-state index contributed by atoms with van der Waals surface area (Å²) < 4.78 is 0. The molecule has 32 heavy (non-hydrogen) atoms. The van der Waals surface area contributed by atoms with Crippen LogP contribution in [0.25, 0.3) is 11.1 Å². The van der Waals surface area contributed by atoms with Crippen LogP contribution in [-0.4, -0.2) is 34.4 Å². The molecular formula is C26H25ClN2O3. The van der Waals surface area contributed by atoms with Gasteiger partial charge in [-0.2, -0.15) is 0 Å². The lowest BCUT2D eigenvalue weighted by Crippen LogP contribution is -2.45. The van der Waals surface area contributed by atoms with Crippen molar-refractivity contribution in [3.05, 3.63) is 94.5 Å². The summed E-state index contributed by atoms with van der Waals surface area (Å²) in [5, 5.41) is 12.8. The van der Waals surface area contributed by atoms with Gasteiger partial charge in [0.2, 0.25) is 5.91 Å². The summed E-state index contributed by atoms with van der Waals surface area (Å²) >= 11 is 5.91. The molecule has 1 heterocycles. The van der Waals surface area contributed by atoms with Gasteiger partial charge in [-0.1, -0.05) is 60.1 Å². The number of rotatable bonds is 6. The van der Waals surface area contributed by atoms with Gasteiger partial charge in [0.15, 0.2) is 0 Å². The van der Waals surface area contributed by atoms with Crippen molar-refractivity contribution in [1.29, 1.82) is 0 Å². The molecule has 0 spiro atoms. The van der Waals surface area contributed by atoms with E-state index in [4.69, 9.17) is 11.6 Å². The van der Waals surface area contributed by atoms with Gasteiger partial charge in [-0.05, 0) is 59.4 Å². The Hall–Kier alpha value is -3.15. The summed E-state index contributed by atoms with van der Waals surface area (Å²) in [7, 11) is 0. The molecule has 0 unspecified atom stereocenters. The van der Waals surface area contributed by atoms with Crippen LogP contribution in [0.4, 0.5) is 0 Å². The Morgan fingerprint density at radius 1 is 0.969 bits per heavy atom. The summed E-state index contributed by atoms with van der Waals surface area (Å²) in [5.41, 5.74) is 4.24. The molecule has 1 aliphatic heterocycles. The van der Waals surface area contributed by atoms with Crippen molar-refractivity contribution in [3.8, 4) is 11.1 Å². The number of likely N-dealkylation sites (tertiary alicyclic amines) is 1. The highest BCUT2D eigenvalue weighted by Gasteiger charge is 2.34. The first-order valence-corrected chi connectivity index (χ1v) is 11.1. The van der Waals surface area contributed by atoms with E-state index in [1.54, 1.807) is 23.1 Å². The average Bonchev–Trinajstić information content (AvgIpc) is 3.33. The second-order valence-corrected chi connectivity index (χ2v) is 8.37. The van der Waals surface area contributed by atoms with Crippen molar-refractivity contribution in [2.45, 2.75) is 32.0 Å². The van der Waals surface area contributed by atoms with Gasteiger partial charge >= 0.3 is 0 Å². The van der Waals surface area contributed by atoms with Crippen LogP contribution in [0.3, 0.4) is 0 Å². The van der Waals surface area contributed by atoms with Gasteiger partial charge < -0.3 is 15.3 Å². The van der Waals surface area contributed by atoms with Crippen LogP contribution in [0.1, 0.15) is 34.3 Å². The van der Waals surface area contributed by atoms with E-state index >= 15 is 0 Å². The molecule has 1 atom stereocenters. The van der Waals surface area contributed by atoms with E-state index in [9.17, 15) is 14.7 Å². The largest absolute Gasteiger partial charge is 0.392 e. The normalized spacial score (nSPS) is 15.6. The third-order valence-corrected chi connectivity index (χ3v) is 6.03. The number of carbonyl (C=O) groups excluding carboxylic acids is 2. The van der Waals surface area contributed by atoms with Gasteiger partial charge in [-0.15, -0.1) is 0 Å². The van der Waals surface area contributed by atoms with Crippen molar-refractivity contribution in [1.82, 2.24) is 10.2 Å². The Bertz CT molecular complexity index is 1100. The summed E-state index contributed by atoms with van der Waals surface area (Å²) in [5.74, 6) is -0.274. The van der Waals surface area contributed by atoms with Crippen LogP contribution in [-0.2, 0) is 17.9 Å². The SMILES string of the molecule is O=C(NCc1ccc(Cl)cc1)[C@@H]1CCCN1C(=O)c1cccc(-c2ccc(CO)cc2)c1. The monoisotopic (exact) mass is 448 g/mol. The van der Waals surface area contributed by atoms with Gasteiger partial charge in [-0.3, -0.25) is 9.59 Å². The number of amides is 2. The highest BCUT2D eigenvalue weighted by atomic mass is 35.5. The molecule has 5 nitrogen and oxygen atoms in total. The Morgan fingerprint density at radius 3 is 2.41 bits per heavy atom. The Kier molecular flexibility index (Phi) is 6.88. The molecule has 4 rings (SSSR count). The van der Waals surface area contributed by atoms with Crippen molar-refractivity contribution in [3.63, 3.8) is 0 Å². The van der Waals surface area contributed by atoms with E-state index in [1.807, 2.05) is 54.6 Å². The second-order valence-electron chi connectivity index (χ2n) is 7.94. The van der Waals surface area contributed by atoms with Crippen LogP contribution in [0, 0.1) is 0 Å². The van der Waals surface area contributed by atoms with E-state index in [0.29, 0.717) is 30.1 Å². The summed E-state index contributed by atoms with van der Waals surface area (Å²) in [6.07, 6.45) is 1.45. The van der Waals surface area contributed by atoms with Gasteiger partial charge in [0.25, 0.3) is 5.91 Å². The van der Waals surface area contributed by atoms with Crippen LogP contribution < -0.4 is 5.32 Å². The van der Waals surface area contributed by atoms with E-state index in [-0.39, 0.29) is 18.4 Å². The Balaban J connectivity index is 1.45. The number of nitrogens with zero attached hydrogens (tertiary/aromatic N) is 1. The minimum Gasteiger partial charge on any atom is -0.392 e. The van der Waals surface area contributed by atoms with Crippen molar-refractivity contribution < 1.29 is 14.7 Å². The third-order valence-electron chi connectivity index (χ3n) is 5.78. The Morgan fingerprint density at radius 2 is 1.69 bits per heavy atom. The molecular weight excluding hydrogens is 424 g/mol. The van der Waals surface area contributed by atoms with Crippen LogP contribution in [0.15, 0.2) is 72.8 Å². The van der Waals surface area contributed by atoms with E-state index in [2.05, 4.69) is 5.32 Å². The van der Waals surface area contributed by atoms with Gasteiger partial charge in [0.1, 0.15) is 6.04 Å². The smallest absolute Gasteiger partial charge is 0.254 e. The lowest BCUT2D eigenvalue weighted by atomic mass is 10.0. The van der Waals surface area contributed by atoms with Crippen LogP contribution >= 0.6 is 11.6 Å². The maximum atomic E-state index is 13.3. The number of benzene rings is 3. The molecule has 164 valence electrons. The fourth-order valence-corrected chi connectivity index (χ4v) is 4.12. The molecule has 0 aromatic heterocycles. The minimum absolute atomic E-state index is 0.00473.